The molecule has 2 aromatic carbocycles. The van der Waals surface area contributed by atoms with Crippen LogP contribution in [0.1, 0.15) is 28.4 Å². The first-order valence-electron chi connectivity index (χ1n) is 10.6. The van der Waals surface area contributed by atoms with Crippen molar-refractivity contribution >= 4 is 34.5 Å². The third kappa shape index (κ3) is 4.61. The monoisotopic (exact) mass is 480 g/mol. The lowest BCUT2D eigenvalue weighted by molar-refractivity contribution is 0.0982. The van der Waals surface area contributed by atoms with E-state index in [9.17, 15) is 4.79 Å². The van der Waals surface area contributed by atoms with E-state index >= 15 is 0 Å². The maximum atomic E-state index is 12.5. The van der Waals surface area contributed by atoms with Gasteiger partial charge in [0.15, 0.2) is 11.5 Å². The number of methoxy groups -OCH3 is 2. The second-order valence-electron chi connectivity index (χ2n) is 7.48. The molecular weight excluding hydrogens is 456 g/mol. The molecule has 2 heterocycles. The number of halogens is 1. The highest BCUT2D eigenvalue weighted by Crippen LogP contribution is 2.33. The first kappa shape index (κ1) is 23.3. The normalized spacial score (nSPS) is 11.8. The van der Waals surface area contributed by atoms with Crippen molar-refractivity contribution < 1.29 is 14.3 Å². The van der Waals surface area contributed by atoms with E-state index in [2.05, 4.69) is 15.1 Å². The number of ether oxygens (including phenoxy) is 2. The molecule has 0 fully saturated rings. The van der Waals surface area contributed by atoms with Crippen molar-refractivity contribution in [2.75, 3.05) is 26.1 Å². The second-order valence-corrected chi connectivity index (χ2v) is 7.67. The number of hydrogen-bond acceptors (Lipinski definition) is 7. The third-order valence-corrected chi connectivity index (χ3v) is 5.65. The van der Waals surface area contributed by atoms with Crippen LogP contribution < -0.4 is 25.4 Å². The Balaban J connectivity index is 1.80. The zero-order valence-corrected chi connectivity index (χ0v) is 19.5. The van der Waals surface area contributed by atoms with Gasteiger partial charge in [-0.2, -0.15) is 0 Å². The number of hydrogen-bond donors (Lipinski definition) is 3. The summed E-state index contributed by atoms with van der Waals surface area (Å²) in [7, 11) is 3.15. The highest BCUT2D eigenvalue weighted by molar-refractivity contribution is 6.24. The molecule has 0 saturated heterocycles. The Hall–Kier alpha value is -3.82. The molecule has 4 rings (SSSR count). The summed E-state index contributed by atoms with van der Waals surface area (Å²) in [4.78, 5) is 23.9. The number of nitrogens with one attached hydrogen (secondary N) is 2. The molecule has 0 aliphatic rings. The molecule has 0 bridgehead atoms. The van der Waals surface area contributed by atoms with Crippen LogP contribution in [0.15, 0.2) is 60.9 Å². The lowest BCUT2D eigenvalue weighted by atomic mass is 10.0. The summed E-state index contributed by atoms with van der Waals surface area (Å²) in [5, 5.41) is 3.38. The van der Waals surface area contributed by atoms with E-state index in [0.29, 0.717) is 47.2 Å². The standard InChI is InChI=1S/C24H25ClN6O3/c1-33-20-12-18-19(13-21(20)34-2)31(14-27-18)22-9-8-16(24(32)30-25)23(29-22)28-17(10-11-26)15-6-4-3-5-7-15/h3-9,12-14,17H,10-11,26H2,1-2H3,(H,28,29)(H,30,32). The second kappa shape index (κ2) is 10.4. The van der Waals surface area contributed by atoms with E-state index < -0.39 is 5.91 Å². The Morgan fingerprint density at radius 1 is 1.12 bits per heavy atom. The molecule has 0 spiro atoms. The summed E-state index contributed by atoms with van der Waals surface area (Å²) in [5.74, 6) is 1.62. The molecule has 34 heavy (non-hydrogen) atoms. The van der Waals surface area contributed by atoms with Crippen molar-refractivity contribution in [3.05, 3.63) is 72.1 Å². The Kier molecular flexibility index (Phi) is 7.15. The van der Waals surface area contributed by atoms with Crippen LogP contribution in [-0.4, -0.2) is 41.2 Å². The van der Waals surface area contributed by atoms with E-state index in [-0.39, 0.29) is 6.04 Å². The van der Waals surface area contributed by atoms with E-state index in [4.69, 9.17) is 32.0 Å². The minimum absolute atomic E-state index is 0.153. The summed E-state index contributed by atoms with van der Waals surface area (Å²) in [6, 6.07) is 16.7. The number of fused-ring (bicyclic) bond motifs is 1. The predicted molar refractivity (Wildman–Crippen MR) is 132 cm³/mol. The number of pyridine rings is 1. The summed E-state index contributed by atoms with van der Waals surface area (Å²) >= 11 is 5.64. The van der Waals surface area contributed by atoms with Crippen molar-refractivity contribution in [1.82, 2.24) is 19.4 Å². The SMILES string of the molecule is COc1cc2ncn(-c3ccc(C(=O)NCl)c(NC(CCN)c4ccccc4)n3)c2cc1OC. The molecular formula is C24H25ClN6O3. The number of imidazole rings is 1. The molecule has 1 amide bonds. The number of anilines is 1. The van der Waals surface area contributed by atoms with Crippen molar-refractivity contribution in [2.24, 2.45) is 5.73 Å². The number of rotatable bonds is 9. The van der Waals surface area contributed by atoms with Crippen LogP contribution >= 0.6 is 11.8 Å². The molecule has 0 aliphatic heterocycles. The van der Waals surface area contributed by atoms with Crippen LogP contribution in [0.25, 0.3) is 16.9 Å². The van der Waals surface area contributed by atoms with E-state index in [0.717, 1.165) is 11.1 Å². The van der Waals surface area contributed by atoms with Gasteiger partial charge in [-0.1, -0.05) is 30.3 Å². The average Bonchev–Trinajstić information content (AvgIpc) is 3.30. The van der Waals surface area contributed by atoms with Crippen LogP contribution in [-0.2, 0) is 0 Å². The van der Waals surface area contributed by atoms with Gasteiger partial charge in [0, 0.05) is 23.9 Å². The number of nitrogens with zero attached hydrogens (tertiary/aromatic N) is 3. The zero-order chi connectivity index (χ0) is 24.1. The molecule has 1 unspecified atom stereocenters. The Bertz CT molecular complexity index is 1290. The van der Waals surface area contributed by atoms with Crippen molar-refractivity contribution in [3.8, 4) is 17.3 Å². The maximum absolute atomic E-state index is 12.5. The van der Waals surface area contributed by atoms with Crippen LogP contribution in [0.3, 0.4) is 0 Å². The molecule has 2 aromatic heterocycles. The van der Waals surface area contributed by atoms with Crippen LogP contribution in [0.2, 0.25) is 0 Å². The first-order chi connectivity index (χ1) is 16.6. The Morgan fingerprint density at radius 3 is 2.53 bits per heavy atom. The molecule has 9 nitrogen and oxygen atoms in total. The van der Waals surface area contributed by atoms with Gasteiger partial charge in [0.05, 0.1) is 36.9 Å². The fourth-order valence-corrected chi connectivity index (χ4v) is 3.89. The summed E-state index contributed by atoms with van der Waals surface area (Å²) in [6.07, 6.45) is 2.30. The molecule has 176 valence electrons. The summed E-state index contributed by atoms with van der Waals surface area (Å²) in [5.41, 5.74) is 8.69. The maximum Gasteiger partial charge on any atom is 0.269 e. The quantitative estimate of drug-likeness (QED) is 0.312. The Morgan fingerprint density at radius 2 is 1.85 bits per heavy atom. The molecule has 10 heteroatoms. The molecule has 4 aromatic rings. The number of carbonyl (C=O) groups excluding carboxylic acids is 1. The van der Waals surface area contributed by atoms with Gasteiger partial charge in [0.25, 0.3) is 5.91 Å². The smallest absolute Gasteiger partial charge is 0.269 e. The molecule has 4 N–H and O–H groups in total. The zero-order valence-electron chi connectivity index (χ0n) is 18.8. The van der Waals surface area contributed by atoms with Crippen LogP contribution in [0.5, 0.6) is 11.5 Å². The van der Waals surface area contributed by atoms with Gasteiger partial charge >= 0.3 is 0 Å². The van der Waals surface area contributed by atoms with Crippen LogP contribution in [0, 0.1) is 0 Å². The van der Waals surface area contributed by atoms with E-state index in [1.54, 1.807) is 38.7 Å². The van der Waals surface area contributed by atoms with Crippen molar-refractivity contribution in [2.45, 2.75) is 12.5 Å². The van der Waals surface area contributed by atoms with Gasteiger partial charge in [-0.05, 0) is 30.7 Å². The summed E-state index contributed by atoms with van der Waals surface area (Å²) in [6.45, 7) is 0.455. The van der Waals surface area contributed by atoms with Gasteiger partial charge in [0.2, 0.25) is 0 Å². The van der Waals surface area contributed by atoms with Crippen molar-refractivity contribution in [1.29, 1.82) is 0 Å². The number of nitrogens with two attached hydrogens (primary N) is 1. The lowest BCUT2D eigenvalue weighted by Crippen LogP contribution is -2.21. The molecule has 0 radical (unpaired) electrons. The third-order valence-electron chi connectivity index (χ3n) is 5.48. The summed E-state index contributed by atoms with van der Waals surface area (Å²) < 4.78 is 12.6. The van der Waals surface area contributed by atoms with Gasteiger partial charge in [-0.15, -0.1) is 0 Å². The average molecular weight is 481 g/mol. The topological polar surface area (TPSA) is 116 Å². The fourth-order valence-electron chi connectivity index (χ4n) is 3.78. The van der Waals surface area contributed by atoms with E-state index in [1.807, 2.05) is 41.0 Å². The molecule has 0 saturated carbocycles. The molecule has 0 aliphatic carbocycles. The highest BCUT2D eigenvalue weighted by atomic mass is 35.5. The largest absolute Gasteiger partial charge is 0.493 e. The minimum Gasteiger partial charge on any atom is -0.493 e. The van der Waals surface area contributed by atoms with Crippen molar-refractivity contribution in [3.63, 3.8) is 0 Å². The Labute approximate surface area is 202 Å². The van der Waals surface area contributed by atoms with E-state index in [1.165, 1.54) is 0 Å². The predicted octanol–water partition coefficient (Wildman–Crippen LogP) is 3.82. The van der Waals surface area contributed by atoms with Crippen LogP contribution in [0.4, 0.5) is 5.82 Å². The minimum atomic E-state index is -0.468. The fraction of sp³-hybridized carbons (Fsp3) is 0.208. The number of amides is 1. The number of aromatic nitrogens is 3. The number of benzene rings is 2. The lowest BCUT2D eigenvalue weighted by Gasteiger charge is -2.21. The van der Waals surface area contributed by atoms with Gasteiger partial charge < -0.3 is 20.5 Å². The van der Waals surface area contributed by atoms with Gasteiger partial charge in [-0.3, -0.25) is 14.2 Å². The highest BCUT2D eigenvalue weighted by Gasteiger charge is 2.19. The first-order valence-corrected chi connectivity index (χ1v) is 11.0. The van der Waals surface area contributed by atoms with Gasteiger partial charge in [-0.25, -0.2) is 9.97 Å². The molecule has 1 atom stereocenters. The van der Waals surface area contributed by atoms with Gasteiger partial charge in [0.1, 0.15) is 18.0 Å². The number of carbonyl (C=O) groups is 1.